The second kappa shape index (κ2) is 9.22. The van der Waals surface area contributed by atoms with Crippen molar-refractivity contribution in [2.75, 3.05) is 45.1 Å². The van der Waals surface area contributed by atoms with E-state index in [1.165, 1.54) is 0 Å². The van der Waals surface area contributed by atoms with E-state index in [0.717, 1.165) is 22.5 Å². The Labute approximate surface area is 189 Å². The number of nitrogens with zero attached hydrogens (tertiary/aromatic N) is 2. The van der Waals surface area contributed by atoms with Gasteiger partial charge in [-0.3, -0.25) is 4.79 Å². The Morgan fingerprint density at radius 2 is 1.66 bits per heavy atom. The number of hydrogen-bond acceptors (Lipinski definition) is 5. The highest BCUT2D eigenvalue weighted by molar-refractivity contribution is 6.01. The summed E-state index contributed by atoms with van der Waals surface area (Å²) < 4.78 is 10.8. The SMILES string of the molecule is COc1ccc(CCN2C(=O)c3ccccc3NC2c2ccc(N(C)C)cc2)cc1OC. The second-order valence-corrected chi connectivity index (χ2v) is 8.02. The molecule has 0 saturated carbocycles. The molecule has 0 aliphatic carbocycles. The molecule has 3 aromatic carbocycles. The number of para-hydroxylation sites is 1. The van der Waals surface area contributed by atoms with Crippen LogP contribution in [0.15, 0.2) is 66.7 Å². The van der Waals surface area contributed by atoms with Crippen molar-refractivity contribution in [2.24, 2.45) is 0 Å². The molecule has 0 spiro atoms. The van der Waals surface area contributed by atoms with Gasteiger partial charge in [-0.05, 0) is 53.9 Å². The molecule has 1 aliphatic rings. The first-order valence-corrected chi connectivity index (χ1v) is 10.7. The van der Waals surface area contributed by atoms with E-state index in [1.54, 1.807) is 14.2 Å². The molecule has 1 aliphatic heterocycles. The van der Waals surface area contributed by atoms with E-state index in [2.05, 4.69) is 34.5 Å². The van der Waals surface area contributed by atoms with Gasteiger partial charge in [-0.25, -0.2) is 0 Å². The van der Waals surface area contributed by atoms with Gasteiger partial charge in [0, 0.05) is 32.0 Å². The second-order valence-electron chi connectivity index (χ2n) is 8.02. The van der Waals surface area contributed by atoms with Gasteiger partial charge in [0.1, 0.15) is 6.17 Å². The number of ether oxygens (including phenoxy) is 2. The molecule has 166 valence electrons. The molecule has 6 heteroatoms. The molecule has 1 amide bonds. The zero-order valence-corrected chi connectivity index (χ0v) is 19.0. The number of amides is 1. The van der Waals surface area contributed by atoms with Crippen molar-refractivity contribution in [3.05, 3.63) is 83.4 Å². The molecule has 1 unspecified atom stereocenters. The predicted octanol–water partition coefficient (Wildman–Crippen LogP) is 4.58. The van der Waals surface area contributed by atoms with Crippen LogP contribution in [0, 0.1) is 0 Å². The lowest BCUT2D eigenvalue weighted by molar-refractivity contribution is 0.0685. The number of nitrogens with one attached hydrogen (secondary N) is 1. The molecule has 6 nitrogen and oxygen atoms in total. The Morgan fingerprint density at radius 1 is 0.938 bits per heavy atom. The summed E-state index contributed by atoms with van der Waals surface area (Å²) in [5, 5.41) is 3.57. The van der Waals surface area contributed by atoms with Gasteiger partial charge in [0.2, 0.25) is 0 Å². The van der Waals surface area contributed by atoms with Gasteiger partial charge in [0.05, 0.1) is 19.8 Å². The molecule has 0 aromatic heterocycles. The fourth-order valence-electron chi connectivity index (χ4n) is 4.03. The summed E-state index contributed by atoms with van der Waals surface area (Å²) in [6.45, 7) is 0.565. The zero-order valence-electron chi connectivity index (χ0n) is 19.0. The largest absolute Gasteiger partial charge is 0.493 e. The number of anilines is 2. The molecule has 4 rings (SSSR count). The van der Waals surface area contributed by atoms with Crippen molar-refractivity contribution in [1.29, 1.82) is 0 Å². The van der Waals surface area contributed by atoms with E-state index in [-0.39, 0.29) is 12.1 Å². The minimum absolute atomic E-state index is 0.0292. The molecule has 1 heterocycles. The molecule has 1 N–H and O–H groups in total. The summed E-state index contributed by atoms with van der Waals surface area (Å²) in [6.07, 6.45) is 0.455. The summed E-state index contributed by atoms with van der Waals surface area (Å²) in [4.78, 5) is 17.4. The third-order valence-corrected chi connectivity index (χ3v) is 5.84. The maximum Gasteiger partial charge on any atom is 0.257 e. The molecule has 0 saturated heterocycles. The fourth-order valence-corrected chi connectivity index (χ4v) is 4.03. The summed E-state index contributed by atoms with van der Waals surface area (Å²) >= 11 is 0. The predicted molar refractivity (Wildman–Crippen MR) is 128 cm³/mol. The lowest BCUT2D eigenvalue weighted by Gasteiger charge is -2.38. The number of fused-ring (bicyclic) bond motifs is 1. The Kier molecular flexibility index (Phi) is 6.21. The van der Waals surface area contributed by atoms with Gasteiger partial charge in [0.15, 0.2) is 11.5 Å². The number of rotatable bonds is 7. The fraction of sp³-hybridized carbons (Fsp3) is 0.269. The van der Waals surface area contributed by atoms with Crippen LogP contribution in [0.1, 0.15) is 27.7 Å². The van der Waals surface area contributed by atoms with Gasteiger partial charge < -0.3 is 24.6 Å². The van der Waals surface area contributed by atoms with Crippen LogP contribution in [0.5, 0.6) is 11.5 Å². The summed E-state index contributed by atoms with van der Waals surface area (Å²) in [5.41, 5.74) is 4.80. The zero-order chi connectivity index (χ0) is 22.7. The number of hydrogen-bond donors (Lipinski definition) is 1. The lowest BCUT2D eigenvalue weighted by atomic mass is 10.0. The normalized spacial score (nSPS) is 15.1. The first-order valence-electron chi connectivity index (χ1n) is 10.7. The highest BCUT2D eigenvalue weighted by atomic mass is 16.5. The van der Waals surface area contributed by atoms with Crippen LogP contribution >= 0.6 is 0 Å². The molecule has 0 fully saturated rings. The molecule has 3 aromatic rings. The van der Waals surface area contributed by atoms with Crippen molar-refractivity contribution < 1.29 is 14.3 Å². The third kappa shape index (κ3) is 4.21. The molecule has 0 bridgehead atoms. The average molecular weight is 432 g/mol. The first kappa shape index (κ1) is 21.6. The molecule has 1 atom stereocenters. The van der Waals surface area contributed by atoms with Crippen LogP contribution in [0.4, 0.5) is 11.4 Å². The summed E-state index contributed by atoms with van der Waals surface area (Å²) in [7, 11) is 7.29. The van der Waals surface area contributed by atoms with Gasteiger partial charge in [0.25, 0.3) is 5.91 Å². The Hall–Kier alpha value is -3.67. The van der Waals surface area contributed by atoms with Crippen molar-refractivity contribution in [3.63, 3.8) is 0 Å². The van der Waals surface area contributed by atoms with Gasteiger partial charge in [-0.1, -0.05) is 30.3 Å². The van der Waals surface area contributed by atoms with Crippen LogP contribution < -0.4 is 19.7 Å². The van der Waals surface area contributed by atoms with Crippen molar-refractivity contribution in [3.8, 4) is 11.5 Å². The van der Waals surface area contributed by atoms with Crippen LogP contribution in [0.3, 0.4) is 0 Å². The Bertz CT molecular complexity index is 1100. The molecular weight excluding hydrogens is 402 g/mol. The van der Waals surface area contributed by atoms with E-state index in [1.807, 2.05) is 61.5 Å². The monoisotopic (exact) mass is 431 g/mol. The minimum Gasteiger partial charge on any atom is -0.493 e. The van der Waals surface area contributed by atoms with Gasteiger partial charge in [-0.2, -0.15) is 0 Å². The molecule has 32 heavy (non-hydrogen) atoms. The summed E-state index contributed by atoms with van der Waals surface area (Å²) in [6, 6.07) is 21.9. The van der Waals surface area contributed by atoms with E-state index < -0.39 is 0 Å². The van der Waals surface area contributed by atoms with Crippen LogP contribution in [0.25, 0.3) is 0 Å². The average Bonchev–Trinajstić information content (AvgIpc) is 2.83. The molecule has 0 radical (unpaired) electrons. The quantitative estimate of drug-likeness (QED) is 0.594. The van der Waals surface area contributed by atoms with E-state index in [9.17, 15) is 4.79 Å². The van der Waals surface area contributed by atoms with Gasteiger partial charge in [-0.15, -0.1) is 0 Å². The summed E-state index contributed by atoms with van der Waals surface area (Å²) in [5.74, 6) is 1.41. The lowest BCUT2D eigenvalue weighted by Crippen LogP contribution is -2.44. The maximum absolute atomic E-state index is 13.5. The van der Waals surface area contributed by atoms with E-state index >= 15 is 0 Å². The van der Waals surface area contributed by atoms with Crippen LogP contribution in [0.2, 0.25) is 0 Å². The smallest absolute Gasteiger partial charge is 0.257 e. The number of benzene rings is 3. The van der Waals surface area contributed by atoms with Crippen molar-refractivity contribution >= 4 is 17.3 Å². The Morgan fingerprint density at radius 3 is 2.34 bits per heavy atom. The topological polar surface area (TPSA) is 54.0 Å². The van der Waals surface area contributed by atoms with E-state index in [4.69, 9.17) is 9.47 Å². The van der Waals surface area contributed by atoms with Crippen LogP contribution in [-0.2, 0) is 6.42 Å². The first-order chi connectivity index (χ1) is 15.5. The van der Waals surface area contributed by atoms with Crippen molar-refractivity contribution in [1.82, 2.24) is 4.90 Å². The molecular formula is C26H29N3O3. The van der Waals surface area contributed by atoms with Crippen molar-refractivity contribution in [2.45, 2.75) is 12.6 Å². The number of carbonyl (C=O) groups is 1. The maximum atomic E-state index is 13.5. The number of methoxy groups -OCH3 is 2. The third-order valence-electron chi connectivity index (χ3n) is 5.84. The van der Waals surface area contributed by atoms with Crippen LogP contribution in [-0.4, -0.2) is 45.7 Å². The highest BCUT2D eigenvalue weighted by Crippen LogP contribution is 2.34. The standard InChI is InChI=1S/C26H29N3O3/c1-28(2)20-12-10-19(11-13-20)25-27-22-8-6-5-7-21(22)26(30)29(25)16-15-18-9-14-23(31-3)24(17-18)32-4/h5-14,17,25,27H,15-16H2,1-4H3. The van der Waals surface area contributed by atoms with E-state index in [0.29, 0.717) is 30.0 Å². The minimum atomic E-state index is -0.242. The highest BCUT2D eigenvalue weighted by Gasteiger charge is 2.32. The number of carbonyl (C=O) groups excluding carboxylic acids is 1. The van der Waals surface area contributed by atoms with Gasteiger partial charge >= 0.3 is 0 Å². The Balaban J connectivity index is 1.63.